The molecule has 130 valence electrons. The normalized spacial score (nSPS) is 20.0. The van der Waals surface area contributed by atoms with Gasteiger partial charge >= 0.3 is 12.1 Å². The zero-order valence-corrected chi connectivity index (χ0v) is 13.6. The fourth-order valence-electron chi connectivity index (χ4n) is 2.29. The topological polar surface area (TPSA) is 93.7 Å². The summed E-state index contributed by atoms with van der Waals surface area (Å²) in [7, 11) is 0. The third-order valence-electron chi connectivity index (χ3n) is 3.66. The molecule has 1 aromatic carbocycles. The third-order valence-corrected chi connectivity index (χ3v) is 3.66. The molecule has 0 radical (unpaired) electrons. The highest BCUT2D eigenvalue weighted by atomic mass is 16.6. The van der Waals surface area contributed by atoms with Crippen LogP contribution < -0.4 is 10.6 Å². The van der Waals surface area contributed by atoms with Gasteiger partial charge in [-0.3, -0.25) is 4.79 Å². The third kappa shape index (κ3) is 5.57. The van der Waals surface area contributed by atoms with Crippen LogP contribution in [0.1, 0.15) is 31.7 Å². The number of esters is 1. The summed E-state index contributed by atoms with van der Waals surface area (Å²) >= 11 is 0. The summed E-state index contributed by atoms with van der Waals surface area (Å²) in [5.41, 5.74) is 0.924. The molecule has 2 atom stereocenters. The van der Waals surface area contributed by atoms with Gasteiger partial charge in [-0.15, -0.1) is 0 Å². The Morgan fingerprint density at radius 1 is 1.25 bits per heavy atom. The van der Waals surface area contributed by atoms with E-state index in [2.05, 4.69) is 10.6 Å². The first-order valence-electron chi connectivity index (χ1n) is 8.01. The number of benzene rings is 1. The molecule has 1 fully saturated rings. The minimum atomic E-state index is -0.727. The fraction of sp³-hybridized carbons (Fsp3) is 0.471. The second-order valence-electron chi connectivity index (χ2n) is 5.62. The lowest BCUT2D eigenvalue weighted by Crippen LogP contribution is -2.53. The maximum Gasteiger partial charge on any atom is 0.407 e. The highest BCUT2D eigenvalue weighted by Crippen LogP contribution is 2.10. The van der Waals surface area contributed by atoms with E-state index in [4.69, 9.17) is 9.47 Å². The molecule has 7 heteroatoms. The first-order chi connectivity index (χ1) is 11.6. The average molecular weight is 334 g/mol. The number of hydrogen-bond acceptors (Lipinski definition) is 5. The lowest BCUT2D eigenvalue weighted by atomic mass is 10.1. The van der Waals surface area contributed by atoms with Crippen molar-refractivity contribution < 1.29 is 23.9 Å². The Kier molecular flexibility index (Phi) is 6.60. The van der Waals surface area contributed by atoms with Crippen LogP contribution in [0.25, 0.3) is 0 Å². The molecule has 1 aromatic rings. The molecule has 0 saturated carbocycles. The summed E-state index contributed by atoms with van der Waals surface area (Å²) in [6.07, 6.45) is 0.633. The smallest absolute Gasteiger partial charge is 0.407 e. The molecular weight excluding hydrogens is 312 g/mol. The summed E-state index contributed by atoms with van der Waals surface area (Å²) in [6, 6.07) is 8.82. The molecule has 1 aliphatic rings. The van der Waals surface area contributed by atoms with E-state index in [-0.39, 0.29) is 12.5 Å². The van der Waals surface area contributed by atoms with E-state index in [0.29, 0.717) is 25.8 Å². The summed E-state index contributed by atoms with van der Waals surface area (Å²) in [4.78, 5) is 34.6. The van der Waals surface area contributed by atoms with Gasteiger partial charge in [-0.2, -0.15) is 0 Å². The Labute approximate surface area is 140 Å². The van der Waals surface area contributed by atoms with E-state index in [1.54, 1.807) is 0 Å². The second kappa shape index (κ2) is 8.90. The van der Waals surface area contributed by atoms with Crippen LogP contribution in [0.4, 0.5) is 4.79 Å². The largest absolute Gasteiger partial charge is 0.451 e. The molecule has 0 aromatic heterocycles. The Bertz CT molecular complexity index is 576. The van der Waals surface area contributed by atoms with E-state index in [0.717, 1.165) is 5.56 Å². The second-order valence-corrected chi connectivity index (χ2v) is 5.62. The molecule has 1 heterocycles. The number of cyclic esters (lactones) is 1. The Hall–Kier alpha value is -2.57. The van der Waals surface area contributed by atoms with Gasteiger partial charge < -0.3 is 20.1 Å². The SMILES string of the molecule is CC1OC(=O)C(CCCCNC(=O)OCc2ccccc2)NC1=O. The van der Waals surface area contributed by atoms with Gasteiger partial charge in [-0.05, 0) is 31.7 Å². The Morgan fingerprint density at radius 2 is 2.00 bits per heavy atom. The van der Waals surface area contributed by atoms with E-state index < -0.39 is 24.2 Å². The lowest BCUT2D eigenvalue weighted by Gasteiger charge is -2.26. The zero-order chi connectivity index (χ0) is 17.4. The molecule has 7 nitrogen and oxygen atoms in total. The van der Waals surface area contributed by atoms with Crippen LogP contribution in [-0.4, -0.2) is 36.7 Å². The predicted octanol–water partition coefficient (Wildman–Crippen LogP) is 1.51. The minimum Gasteiger partial charge on any atom is -0.451 e. The number of hydrogen-bond donors (Lipinski definition) is 2. The van der Waals surface area contributed by atoms with Crippen molar-refractivity contribution in [2.24, 2.45) is 0 Å². The van der Waals surface area contributed by atoms with Crippen molar-refractivity contribution in [2.45, 2.75) is 44.9 Å². The van der Waals surface area contributed by atoms with E-state index in [9.17, 15) is 14.4 Å². The first kappa shape index (κ1) is 17.8. The average Bonchev–Trinajstić information content (AvgIpc) is 2.58. The molecule has 0 aliphatic carbocycles. The molecular formula is C17H22N2O5. The number of rotatable bonds is 7. The standard InChI is InChI=1S/C17H22N2O5/c1-12-15(20)19-14(16(21)24-12)9-5-6-10-18-17(22)23-11-13-7-3-2-4-8-13/h2-4,7-8,12,14H,5-6,9-11H2,1H3,(H,18,22)(H,19,20). The molecule has 1 aliphatic heterocycles. The van der Waals surface area contributed by atoms with Gasteiger partial charge in [0.15, 0.2) is 6.10 Å². The number of morpholine rings is 1. The number of unbranched alkanes of at least 4 members (excludes halogenated alkanes) is 1. The van der Waals surface area contributed by atoms with Gasteiger partial charge in [-0.1, -0.05) is 30.3 Å². The monoisotopic (exact) mass is 334 g/mol. The van der Waals surface area contributed by atoms with E-state index >= 15 is 0 Å². The van der Waals surface area contributed by atoms with Gasteiger partial charge in [0.2, 0.25) is 0 Å². The van der Waals surface area contributed by atoms with E-state index in [1.165, 1.54) is 6.92 Å². The van der Waals surface area contributed by atoms with Crippen molar-refractivity contribution in [1.82, 2.24) is 10.6 Å². The van der Waals surface area contributed by atoms with Gasteiger partial charge in [-0.25, -0.2) is 9.59 Å². The molecule has 1 saturated heterocycles. The molecule has 0 spiro atoms. The van der Waals surface area contributed by atoms with Crippen LogP contribution in [0.2, 0.25) is 0 Å². The number of carbonyl (C=O) groups excluding carboxylic acids is 3. The highest BCUT2D eigenvalue weighted by molar-refractivity contribution is 5.92. The summed E-state index contributed by atoms with van der Waals surface area (Å²) in [6.45, 7) is 2.21. The molecule has 2 N–H and O–H groups in total. The van der Waals surface area contributed by atoms with Crippen LogP contribution in [0.5, 0.6) is 0 Å². The van der Waals surface area contributed by atoms with Crippen LogP contribution in [-0.2, 0) is 25.7 Å². The molecule has 24 heavy (non-hydrogen) atoms. The van der Waals surface area contributed by atoms with Crippen LogP contribution in [0.15, 0.2) is 30.3 Å². The van der Waals surface area contributed by atoms with Gasteiger partial charge in [0.25, 0.3) is 5.91 Å². The Morgan fingerprint density at radius 3 is 2.75 bits per heavy atom. The maximum absolute atomic E-state index is 11.6. The maximum atomic E-state index is 11.6. The number of amides is 2. The van der Waals surface area contributed by atoms with Crippen molar-refractivity contribution in [3.05, 3.63) is 35.9 Å². The van der Waals surface area contributed by atoms with Crippen LogP contribution in [0.3, 0.4) is 0 Å². The van der Waals surface area contributed by atoms with Gasteiger partial charge in [0, 0.05) is 6.54 Å². The Balaban J connectivity index is 1.55. The quantitative estimate of drug-likeness (QED) is 0.582. The summed E-state index contributed by atoms with van der Waals surface area (Å²) in [5, 5.41) is 5.28. The van der Waals surface area contributed by atoms with Gasteiger partial charge in [0.05, 0.1) is 0 Å². The highest BCUT2D eigenvalue weighted by Gasteiger charge is 2.32. The summed E-state index contributed by atoms with van der Waals surface area (Å²) in [5.74, 6) is -0.681. The molecule has 2 amide bonds. The first-order valence-corrected chi connectivity index (χ1v) is 8.01. The van der Waals surface area contributed by atoms with Crippen molar-refractivity contribution in [3.8, 4) is 0 Å². The van der Waals surface area contributed by atoms with Crippen molar-refractivity contribution in [1.29, 1.82) is 0 Å². The van der Waals surface area contributed by atoms with Gasteiger partial charge in [0.1, 0.15) is 12.6 Å². The molecule has 0 bridgehead atoms. The van der Waals surface area contributed by atoms with Crippen molar-refractivity contribution >= 4 is 18.0 Å². The van der Waals surface area contributed by atoms with Crippen LogP contribution in [0, 0.1) is 0 Å². The zero-order valence-electron chi connectivity index (χ0n) is 13.6. The number of carbonyl (C=O) groups is 3. The lowest BCUT2D eigenvalue weighted by molar-refractivity contribution is -0.164. The minimum absolute atomic E-state index is 0.227. The van der Waals surface area contributed by atoms with Crippen molar-refractivity contribution in [2.75, 3.05) is 6.54 Å². The predicted molar refractivity (Wildman–Crippen MR) is 86.0 cm³/mol. The van der Waals surface area contributed by atoms with Crippen LogP contribution >= 0.6 is 0 Å². The van der Waals surface area contributed by atoms with Crippen molar-refractivity contribution in [3.63, 3.8) is 0 Å². The fourth-order valence-corrected chi connectivity index (χ4v) is 2.29. The number of ether oxygens (including phenoxy) is 2. The number of nitrogens with one attached hydrogen (secondary N) is 2. The number of alkyl carbamates (subject to hydrolysis) is 1. The van der Waals surface area contributed by atoms with E-state index in [1.807, 2.05) is 30.3 Å². The molecule has 2 unspecified atom stereocenters. The summed E-state index contributed by atoms with van der Waals surface area (Å²) < 4.78 is 10.0. The molecule has 2 rings (SSSR count).